The Hall–Kier alpha value is -3.08. The number of hydrogen-bond acceptors (Lipinski definition) is 4. The average molecular weight is 351 g/mol. The Morgan fingerprint density at radius 3 is 2.69 bits per heavy atom. The quantitative estimate of drug-likeness (QED) is 0.658. The number of aryl methyl sites for hydroxylation is 1. The lowest BCUT2D eigenvalue weighted by Gasteiger charge is -2.16. The van der Waals surface area contributed by atoms with Gasteiger partial charge < -0.3 is 14.5 Å². The average Bonchev–Trinajstić information content (AvgIpc) is 3.18. The van der Waals surface area contributed by atoms with Gasteiger partial charge >= 0.3 is 5.97 Å². The number of fused-ring (bicyclic) bond motifs is 1. The molecule has 1 amide bonds. The summed E-state index contributed by atoms with van der Waals surface area (Å²) < 4.78 is 10.2. The summed E-state index contributed by atoms with van der Waals surface area (Å²) >= 11 is 0. The number of hydrogen-bond donors (Lipinski definition) is 1. The van der Waals surface area contributed by atoms with Gasteiger partial charge in [0.25, 0.3) is 5.91 Å². The first-order valence-corrected chi connectivity index (χ1v) is 8.58. The molecule has 1 aromatic heterocycles. The zero-order valence-corrected chi connectivity index (χ0v) is 14.6. The molecule has 0 fully saturated rings. The summed E-state index contributed by atoms with van der Waals surface area (Å²) in [6.45, 7) is 1.63. The largest absolute Gasteiger partial charge is 0.469 e. The van der Waals surface area contributed by atoms with Crippen LogP contribution in [0.2, 0.25) is 0 Å². The normalized spacial score (nSPS) is 11.9. The third kappa shape index (κ3) is 4.51. The van der Waals surface area contributed by atoms with E-state index in [9.17, 15) is 9.59 Å². The topological polar surface area (TPSA) is 68.5 Å². The second-order valence-electron chi connectivity index (χ2n) is 6.10. The van der Waals surface area contributed by atoms with Crippen LogP contribution in [-0.2, 0) is 20.7 Å². The van der Waals surface area contributed by atoms with Crippen LogP contribution in [0.3, 0.4) is 0 Å². The number of esters is 1. The Kier molecular flexibility index (Phi) is 5.69. The third-order valence-corrected chi connectivity index (χ3v) is 4.19. The van der Waals surface area contributed by atoms with Gasteiger partial charge in [0.1, 0.15) is 5.76 Å². The van der Waals surface area contributed by atoms with E-state index >= 15 is 0 Å². The fraction of sp³-hybridized carbons (Fsp3) is 0.238. The molecule has 0 aliphatic heterocycles. The van der Waals surface area contributed by atoms with Crippen LogP contribution in [0.4, 0.5) is 0 Å². The first kappa shape index (κ1) is 17.7. The van der Waals surface area contributed by atoms with Gasteiger partial charge in [-0.25, -0.2) is 0 Å². The minimum Gasteiger partial charge on any atom is -0.469 e. The van der Waals surface area contributed by atoms with Crippen LogP contribution >= 0.6 is 0 Å². The van der Waals surface area contributed by atoms with Crippen LogP contribution in [0.5, 0.6) is 0 Å². The molecule has 5 nitrogen and oxygen atoms in total. The van der Waals surface area contributed by atoms with Gasteiger partial charge in [-0.1, -0.05) is 42.5 Å². The molecule has 0 aliphatic carbocycles. The highest BCUT2D eigenvalue weighted by molar-refractivity contribution is 5.87. The van der Waals surface area contributed by atoms with E-state index in [1.807, 2.05) is 49.4 Å². The number of ether oxygens (including phenoxy) is 1. The van der Waals surface area contributed by atoms with Crippen molar-refractivity contribution in [2.45, 2.75) is 25.8 Å². The van der Waals surface area contributed by atoms with Crippen LogP contribution in [0.25, 0.3) is 10.8 Å². The number of rotatable bonds is 7. The molecule has 5 heteroatoms. The van der Waals surface area contributed by atoms with Crippen molar-refractivity contribution in [3.05, 3.63) is 72.2 Å². The lowest BCUT2D eigenvalue weighted by atomic mass is 10.00. The maximum Gasteiger partial charge on any atom is 0.306 e. The highest BCUT2D eigenvalue weighted by Gasteiger charge is 2.14. The maximum atomic E-state index is 12.1. The Labute approximate surface area is 152 Å². The molecule has 26 heavy (non-hydrogen) atoms. The molecular formula is C21H21NO4. The van der Waals surface area contributed by atoms with Crippen LogP contribution in [0.1, 0.15) is 30.7 Å². The Bertz CT molecular complexity index is 881. The fourth-order valence-electron chi connectivity index (χ4n) is 2.89. The van der Waals surface area contributed by atoms with E-state index in [1.165, 1.54) is 0 Å². The summed E-state index contributed by atoms with van der Waals surface area (Å²) in [6.07, 6.45) is 2.20. The zero-order chi connectivity index (χ0) is 18.4. The molecule has 1 N–H and O–H groups in total. The summed E-state index contributed by atoms with van der Waals surface area (Å²) in [5.74, 6) is -0.0258. The first-order chi connectivity index (χ1) is 12.6. The lowest BCUT2D eigenvalue weighted by Crippen LogP contribution is -2.31. The molecule has 1 atom stereocenters. The smallest absolute Gasteiger partial charge is 0.306 e. The van der Waals surface area contributed by atoms with Crippen molar-refractivity contribution in [2.75, 3.05) is 6.61 Å². The summed E-state index contributed by atoms with van der Waals surface area (Å²) in [6, 6.07) is 17.4. The van der Waals surface area contributed by atoms with Crippen molar-refractivity contribution in [2.24, 2.45) is 0 Å². The summed E-state index contributed by atoms with van der Waals surface area (Å²) in [5, 5.41) is 5.10. The van der Waals surface area contributed by atoms with Gasteiger partial charge in [0.05, 0.1) is 18.7 Å². The highest BCUT2D eigenvalue weighted by Crippen LogP contribution is 2.23. The van der Waals surface area contributed by atoms with Gasteiger partial charge in [0.15, 0.2) is 6.61 Å². The molecule has 0 bridgehead atoms. The SMILES string of the molecule is C[C@@H](NC(=O)COC(=O)CCc1ccco1)c1cccc2ccccc12. The second kappa shape index (κ2) is 8.34. The molecule has 3 aromatic rings. The number of furan rings is 1. The number of benzene rings is 2. The zero-order valence-electron chi connectivity index (χ0n) is 14.6. The van der Waals surface area contributed by atoms with Crippen molar-refractivity contribution in [3.8, 4) is 0 Å². The molecule has 0 spiro atoms. The van der Waals surface area contributed by atoms with E-state index in [2.05, 4.69) is 5.32 Å². The Balaban J connectivity index is 1.50. The van der Waals surface area contributed by atoms with Crippen molar-refractivity contribution in [1.82, 2.24) is 5.32 Å². The van der Waals surface area contributed by atoms with Crippen molar-refractivity contribution >= 4 is 22.6 Å². The van der Waals surface area contributed by atoms with Gasteiger partial charge in [0, 0.05) is 6.42 Å². The molecule has 0 saturated carbocycles. The van der Waals surface area contributed by atoms with Crippen LogP contribution in [-0.4, -0.2) is 18.5 Å². The third-order valence-electron chi connectivity index (χ3n) is 4.19. The standard InChI is InChI=1S/C21H21NO4/c1-15(18-10-4-7-16-6-2-3-9-19(16)18)22-20(23)14-26-21(24)12-11-17-8-5-13-25-17/h2-10,13,15H,11-12,14H2,1H3,(H,22,23)/t15-/m1/s1. The molecular weight excluding hydrogens is 330 g/mol. The number of nitrogens with one attached hydrogen (secondary N) is 1. The van der Waals surface area contributed by atoms with E-state index in [0.29, 0.717) is 6.42 Å². The van der Waals surface area contributed by atoms with Gasteiger partial charge in [-0.05, 0) is 35.4 Å². The van der Waals surface area contributed by atoms with Gasteiger partial charge in [-0.2, -0.15) is 0 Å². The maximum absolute atomic E-state index is 12.1. The van der Waals surface area contributed by atoms with E-state index in [4.69, 9.17) is 9.15 Å². The van der Waals surface area contributed by atoms with Crippen molar-refractivity contribution < 1.29 is 18.7 Å². The summed E-state index contributed by atoms with van der Waals surface area (Å²) in [4.78, 5) is 23.8. The fourth-order valence-corrected chi connectivity index (χ4v) is 2.89. The molecule has 2 aromatic carbocycles. The summed E-state index contributed by atoms with van der Waals surface area (Å²) in [7, 11) is 0. The molecule has 0 saturated heterocycles. The molecule has 0 unspecified atom stereocenters. The van der Waals surface area contributed by atoms with Gasteiger partial charge in [-0.15, -0.1) is 0 Å². The Morgan fingerprint density at radius 2 is 1.88 bits per heavy atom. The summed E-state index contributed by atoms with van der Waals surface area (Å²) in [5.41, 5.74) is 1.03. The first-order valence-electron chi connectivity index (χ1n) is 8.58. The van der Waals surface area contributed by atoms with E-state index in [1.54, 1.807) is 18.4 Å². The van der Waals surface area contributed by atoms with E-state index in [-0.39, 0.29) is 25.0 Å². The number of amides is 1. The molecule has 3 rings (SSSR count). The van der Waals surface area contributed by atoms with Crippen LogP contribution in [0, 0.1) is 0 Å². The van der Waals surface area contributed by atoms with Crippen LogP contribution < -0.4 is 5.32 Å². The van der Waals surface area contributed by atoms with Crippen LogP contribution in [0.15, 0.2) is 65.3 Å². The van der Waals surface area contributed by atoms with Gasteiger partial charge in [0.2, 0.25) is 0 Å². The van der Waals surface area contributed by atoms with E-state index in [0.717, 1.165) is 22.1 Å². The lowest BCUT2D eigenvalue weighted by molar-refractivity contribution is -0.148. The number of carbonyl (C=O) groups excluding carboxylic acids is 2. The molecule has 134 valence electrons. The predicted molar refractivity (Wildman–Crippen MR) is 98.5 cm³/mol. The molecule has 0 aliphatic rings. The number of carbonyl (C=O) groups is 2. The van der Waals surface area contributed by atoms with Crippen molar-refractivity contribution in [3.63, 3.8) is 0 Å². The minimum absolute atomic E-state index is 0.180. The molecule has 1 heterocycles. The van der Waals surface area contributed by atoms with Gasteiger partial charge in [-0.3, -0.25) is 9.59 Å². The predicted octanol–water partition coefficient (Wildman–Crippen LogP) is 3.79. The monoisotopic (exact) mass is 351 g/mol. The molecule has 0 radical (unpaired) electrons. The minimum atomic E-state index is -0.422. The second-order valence-corrected chi connectivity index (χ2v) is 6.10. The highest BCUT2D eigenvalue weighted by atomic mass is 16.5. The van der Waals surface area contributed by atoms with Crippen molar-refractivity contribution in [1.29, 1.82) is 0 Å². The Morgan fingerprint density at radius 1 is 1.08 bits per heavy atom. The van der Waals surface area contributed by atoms with E-state index < -0.39 is 5.97 Å².